The van der Waals surface area contributed by atoms with Gasteiger partial charge in [0.15, 0.2) is 6.61 Å². The molecule has 1 N–H and O–H groups in total. The average Bonchev–Trinajstić information content (AvgIpc) is 2.55. The fourth-order valence-electron chi connectivity index (χ4n) is 1.75. The Kier molecular flexibility index (Phi) is 6.17. The van der Waals surface area contributed by atoms with Gasteiger partial charge < -0.3 is 10.1 Å². The highest BCUT2D eigenvalue weighted by Crippen LogP contribution is 2.23. The highest BCUT2D eigenvalue weighted by molar-refractivity contribution is 8.00. The lowest BCUT2D eigenvalue weighted by molar-refractivity contribution is -0.146. The summed E-state index contributed by atoms with van der Waals surface area (Å²) in [5, 5.41) is 1.91. The van der Waals surface area contributed by atoms with Gasteiger partial charge in [-0.25, -0.2) is 4.39 Å². The molecule has 0 fully saturated rings. The Hall–Kier alpha value is -2.34. The lowest BCUT2D eigenvalue weighted by Gasteiger charge is -2.11. The van der Waals surface area contributed by atoms with Crippen LogP contribution in [0.15, 0.2) is 59.5 Å². The number of hydrogen-bond donors (Lipinski definition) is 1. The third kappa shape index (κ3) is 5.41. The zero-order chi connectivity index (χ0) is 16.7. The van der Waals surface area contributed by atoms with Crippen LogP contribution in [0.3, 0.4) is 0 Å². The fourth-order valence-corrected chi connectivity index (χ4v) is 2.64. The van der Waals surface area contributed by atoms with Gasteiger partial charge in [0.1, 0.15) is 11.1 Å². The van der Waals surface area contributed by atoms with E-state index in [4.69, 9.17) is 4.74 Å². The summed E-state index contributed by atoms with van der Waals surface area (Å²) in [4.78, 5) is 24.5. The van der Waals surface area contributed by atoms with Crippen molar-refractivity contribution in [3.63, 3.8) is 0 Å². The van der Waals surface area contributed by atoms with Crippen molar-refractivity contribution < 1.29 is 18.7 Å². The number of anilines is 1. The number of thioether (sulfide) groups is 1. The first-order valence-corrected chi connectivity index (χ1v) is 7.87. The predicted octanol–water partition coefficient (Wildman–Crippen LogP) is 3.49. The molecule has 0 saturated heterocycles. The number of esters is 1. The Morgan fingerprint density at radius 3 is 2.48 bits per heavy atom. The SMILES string of the molecule is C[C@H](Sc1ccccc1)C(=O)OCC(=O)Nc1ccccc1F. The third-order valence-corrected chi connectivity index (χ3v) is 3.97. The second-order valence-electron chi connectivity index (χ2n) is 4.71. The van der Waals surface area contributed by atoms with Crippen molar-refractivity contribution >= 4 is 29.3 Å². The second kappa shape index (κ2) is 8.33. The molecule has 0 aliphatic rings. The zero-order valence-corrected chi connectivity index (χ0v) is 13.3. The molecule has 0 aromatic heterocycles. The smallest absolute Gasteiger partial charge is 0.319 e. The maximum absolute atomic E-state index is 13.4. The monoisotopic (exact) mass is 333 g/mol. The first-order chi connectivity index (χ1) is 11.1. The number of carbonyl (C=O) groups is 2. The first-order valence-electron chi connectivity index (χ1n) is 6.99. The van der Waals surface area contributed by atoms with Gasteiger partial charge in [-0.05, 0) is 31.2 Å². The minimum atomic E-state index is -0.583. The number of carbonyl (C=O) groups excluding carboxylic acids is 2. The molecule has 2 rings (SSSR count). The van der Waals surface area contributed by atoms with Crippen molar-refractivity contribution in [1.82, 2.24) is 0 Å². The lowest BCUT2D eigenvalue weighted by Crippen LogP contribution is -2.25. The molecule has 1 atom stereocenters. The van der Waals surface area contributed by atoms with E-state index in [9.17, 15) is 14.0 Å². The molecule has 0 heterocycles. The fraction of sp³-hybridized carbons (Fsp3) is 0.176. The molecule has 4 nitrogen and oxygen atoms in total. The lowest BCUT2D eigenvalue weighted by atomic mass is 10.3. The van der Waals surface area contributed by atoms with E-state index in [1.807, 2.05) is 30.3 Å². The van der Waals surface area contributed by atoms with Crippen molar-refractivity contribution in [1.29, 1.82) is 0 Å². The average molecular weight is 333 g/mol. The number of hydrogen-bond acceptors (Lipinski definition) is 4. The van der Waals surface area contributed by atoms with Gasteiger partial charge in [0.2, 0.25) is 0 Å². The molecule has 0 bridgehead atoms. The van der Waals surface area contributed by atoms with E-state index in [0.29, 0.717) is 0 Å². The van der Waals surface area contributed by atoms with Gasteiger partial charge in [0, 0.05) is 4.90 Å². The summed E-state index contributed by atoms with van der Waals surface area (Å²) in [6.07, 6.45) is 0. The molecule has 0 spiro atoms. The maximum Gasteiger partial charge on any atom is 0.319 e. The van der Waals surface area contributed by atoms with Gasteiger partial charge in [-0.15, -0.1) is 11.8 Å². The third-order valence-electron chi connectivity index (χ3n) is 2.88. The molecule has 2 aromatic rings. The minimum absolute atomic E-state index is 0.0558. The molecule has 0 aliphatic heterocycles. The number of para-hydroxylation sites is 1. The number of benzene rings is 2. The van der Waals surface area contributed by atoms with Crippen LogP contribution >= 0.6 is 11.8 Å². The van der Waals surface area contributed by atoms with Crippen LogP contribution in [0.1, 0.15) is 6.92 Å². The van der Waals surface area contributed by atoms with E-state index >= 15 is 0 Å². The minimum Gasteiger partial charge on any atom is -0.455 e. The van der Waals surface area contributed by atoms with Crippen molar-refractivity contribution in [3.8, 4) is 0 Å². The molecule has 0 radical (unpaired) electrons. The highest BCUT2D eigenvalue weighted by Gasteiger charge is 2.17. The summed E-state index contributed by atoms with van der Waals surface area (Å²) >= 11 is 1.34. The van der Waals surface area contributed by atoms with E-state index in [1.165, 1.54) is 30.0 Å². The van der Waals surface area contributed by atoms with Crippen LogP contribution < -0.4 is 5.32 Å². The Morgan fingerprint density at radius 1 is 1.13 bits per heavy atom. The Labute approximate surface area is 138 Å². The van der Waals surface area contributed by atoms with Crippen molar-refractivity contribution in [3.05, 3.63) is 60.4 Å². The maximum atomic E-state index is 13.4. The number of amides is 1. The molecule has 0 unspecified atom stereocenters. The first kappa shape index (κ1) is 17.0. The summed E-state index contributed by atoms with van der Waals surface area (Å²) < 4.78 is 18.3. The van der Waals surface area contributed by atoms with E-state index in [-0.39, 0.29) is 5.69 Å². The van der Waals surface area contributed by atoms with Crippen LogP contribution in [-0.2, 0) is 14.3 Å². The van der Waals surface area contributed by atoms with Crippen molar-refractivity contribution in [2.45, 2.75) is 17.1 Å². The Bertz CT molecular complexity index is 679. The van der Waals surface area contributed by atoms with Crippen LogP contribution in [0.5, 0.6) is 0 Å². The number of rotatable bonds is 6. The Balaban J connectivity index is 1.79. The van der Waals surface area contributed by atoms with Crippen LogP contribution in [0.25, 0.3) is 0 Å². The zero-order valence-electron chi connectivity index (χ0n) is 12.5. The molecule has 6 heteroatoms. The normalized spacial score (nSPS) is 11.6. The summed E-state index contributed by atoms with van der Waals surface area (Å²) in [7, 11) is 0. The van der Waals surface area contributed by atoms with E-state index in [1.54, 1.807) is 13.0 Å². The van der Waals surface area contributed by atoms with Gasteiger partial charge in [-0.2, -0.15) is 0 Å². The van der Waals surface area contributed by atoms with Crippen LogP contribution in [0, 0.1) is 5.82 Å². The van der Waals surface area contributed by atoms with E-state index in [0.717, 1.165) is 4.90 Å². The van der Waals surface area contributed by atoms with Gasteiger partial charge >= 0.3 is 5.97 Å². The predicted molar refractivity (Wildman–Crippen MR) is 87.7 cm³/mol. The van der Waals surface area contributed by atoms with Gasteiger partial charge in [0.05, 0.1) is 5.69 Å². The number of ether oxygens (including phenoxy) is 1. The molecule has 0 aliphatic carbocycles. The summed E-state index contributed by atoms with van der Waals surface area (Å²) in [5.74, 6) is -1.62. The molecule has 1 amide bonds. The molecule has 2 aromatic carbocycles. The molecule has 120 valence electrons. The van der Waals surface area contributed by atoms with Crippen molar-refractivity contribution in [2.75, 3.05) is 11.9 Å². The second-order valence-corrected chi connectivity index (χ2v) is 6.12. The molecule has 0 saturated carbocycles. The Morgan fingerprint density at radius 2 is 1.78 bits per heavy atom. The van der Waals surface area contributed by atoms with Crippen LogP contribution in [-0.4, -0.2) is 23.7 Å². The molecular weight excluding hydrogens is 317 g/mol. The van der Waals surface area contributed by atoms with E-state index in [2.05, 4.69) is 5.32 Å². The topological polar surface area (TPSA) is 55.4 Å². The summed E-state index contributed by atoms with van der Waals surface area (Å²) in [6.45, 7) is 1.25. The number of halogens is 1. The molecule has 23 heavy (non-hydrogen) atoms. The highest BCUT2D eigenvalue weighted by atomic mass is 32.2. The summed E-state index contributed by atoms with van der Waals surface area (Å²) in [5.41, 5.74) is 0.0558. The van der Waals surface area contributed by atoms with Crippen LogP contribution in [0.4, 0.5) is 10.1 Å². The summed E-state index contributed by atoms with van der Waals surface area (Å²) in [6, 6.07) is 15.2. The van der Waals surface area contributed by atoms with Crippen molar-refractivity contribution in [2.24, 2.45) is 0 Å². The number of nitrogens with one attached hydrogen (secondary N) is 1. The molecular formula is C17H16FNO3S. The van der Waals surface area contributed by atoms with Gasteiger partial charge in [-0.1, -0.05) is 30.3 Å². The van der Waals surface area contributed by atoms with Crippen LogP contribution in [0.2, 0.25) is 0 Å². The van der Waals surface area contributed by atoms with Gasteiger partial charge in [-0.3, -0.25) is 9.59 Å². The van der Waals surface area contributed by atoms with E-state index < -0.39 is 29.6 Å². The quantitative estimate of drug-likeness (QED) is 0.649. The largest absolute Gasteiger partial charge is 0.455 e. The standard InChI is InChI=1S/C17H16FNO3S/c1-12(23-13-7-3-2-4-8-13)17(21)22-11-16(20)19-15-10-6-5-9-14(15)18/h2-10,12H,11H2,1H3,(H,19,20)/t12-/m0/s1. The van der Waals surface area contributed by atoms with Gasteiger partial charge in [0.25, 0.3) is 5.91 Å².